The fourth-order valence-corrected chi connectivity index (χ4v) is 2.49. The Morgan fingerprint density at radius 1 is 1.41 bits per heavy atom. The van der Waals surface area contributed by atoms with Gasteiger partial charge >= 0.3 is 5.97 Å². The van der Waals surface area contributed by atoms with Crippen LogP contribution in [0, 0.1) is 6.92 Å². The van der Waals surface area contributed by atoms with Gasteiger partial charge in [-0.1, -0.05) is 12.1 Å². The van der Waals surface area contributed by atoms with Gasteiger partial charge in [-0.05, 0) is 31.0 Å². The summed E-state index contributed by atoms with van der Waals surface area (Å²) in [6.45, 7) is 1.94. The van der Waals surface area contributed by atoms with Gasteiger partial charge in [0.1, 0.15) is 0 Å². The molecule has 0 saturated carbocycles. The van der Waals surface area contributed by atoms with E-state index in [9.17, 15) is 13.2 Å². The molecule has 1 rings (SSSR count). The molecule has 1 aromatic carbocycles. The highest BCUT2D eigenvalue weighted by atomic mass is 32.2. The van der Waals surface area contributed by atoms with E-state index in [0.717, 1.165) is 5.56 Å². The number of carboxylic acid groups (broad SMARTS) is 1. The number of hydrogen-bond acceptors (Lipinski definition) is 3. The molecule has 0 aliphatic rings. The van der Waals surface area contributed by atoms with Gasteiger partial charge < -0.3 is 5.11 Å². The van der Waals surface area contributed by atoms with E-state index in [2.05, 4.69) is 4.72 Å². The number of nitrogens with one attached hydrogen (secondary N) is 1. The number of carboxylic acids is 1. The van der Waals surface area contributed by atoms with Crippen LogP contribution in [0.5, 0.6) is 0 Å². The number of carbonyl (C=O) groups is 1. The molecule has 0 radical (unpaired) electrons. The summed E-state index contributed by atoms with van der Waals surface area (Å²) in [5, 5.41) is 8.42. The molecule has 94 valence electrons. The maximum Gasteiger partial charge on any atom is 0.303 e. The number of rotatable bonds is 6. The van der Waals surface area contributed by atoms with Gasteiger partial charge in [0.25, 0.3) is 0 Å². The summed E-state index contributed by atoms with van der Waals surface area (Å²) in [6, 6.07) is 6.55. The van der Waals surface area contributed by atoms with Gasteiger partial charge in [-0.25, -0.2) is 13.1 Å². The van der Waals surface area contributed by atoms with E-state index in [4.69, 9.17) is 5.11 Å². The molecular formula is C11H15NO4S. The lowest BCUT2D eigenvalue weighted by Crippen LogP contribution is -2.25. The quantitative estimate of drug-likeness (QED) is 0.748. The van der Waals surface area contributed by atoms with Gasteiger partial charge in [0.05, 0.1) is 4.90 Å². The fraction of sp³-hybridized carbons (Fsp3) is 0.364. The van der Waals surface area contributed by atoms with Crippen LogP contribution in [0.2, 0.25) is 0 Å². The minimum Gasteiger partial charge on any atom is -0.481 e. The molecule has 1 aromatic rings. The first-order valence-electron chi connectivity index (χ1n) is 5.20. The summed E-state index contributed by atoms with van der Waals surface area (Å²) in [4.78, 5) is 10.5. The van der Waals surface area contributed by atoms with Crippen molar-refractivity contribution in [3.05, 3.63) is 29.8 Å². The second kappa shape index (κ2) is 5.79. The van der Waals surface area contributed by atoms with Gasteiger partial charge in [-0.2, -0.15) is 0 Å². The standard InChI is InChI=1S/C11H15NO4S/c1-9-4-2-5-10(8-9)17(15,16)12-7-3-6-11(13)14/h2,4-5,8,12H,3,6-7H2,1H3,(H,13,14). The summed E-state index contributed by atoms with van der Waals surface area (Å²) < 4.78 is 25.9. The van der Waals surface area contributed by atoms with Crippen LogP contribution in [0.3, 0.4) is 0 Å². The van der Waals surface area contributed by atoms with Gasteiger partial charge in [-0.15, -0.1) is 0 Å². The van der Waals surface area contributed by atoms with Crippen molar-refractivity contribution >= 4 is 16.0 Å². The molecule has 0 aliphatic carbocycles. The van der Waals surface area contributed by atoms with Crippen LogP contribution >= 0.6 is 0 Å². The predicted octanol–water partition coefficient (Wildman–Crippen LogP) is 1.14. The first kappa shape index (κ1) is 13.7. The second-order valence-electron chi connectivity index (χ2n) is 3.71. The third-order valence-corrected chi connectivity index (χ3v) is 3.62. The van der Waals surface area contributed by atoms with Crippen molar-refractivity contribution in [2.45, 2.75) is 24.7 Å². The Labute approximate surface area is 101 Å². The van der Waals surface area contributed by atoms with E-state index >= 15 is 0 Å². The molecular weight excluding hydrogens is 242 g/mol. The van der Waals surface area contributed by atoms with E-state index in [1.165, 1.54) is 6.07 Å². The number of hydrogen-bond donors (Lipinski definition) is 2. The average Bonchev–Trinajstić information content (AvgIpc) is 2.24. The largest absolute Gasteiger partial charge is 0.481 e. The van der Waals surface area contributed by atoms with Crippen molar-refractivity contribution in [3.63, 3.8) is 0 Å². The molecule has 2 N–H and O–H groups in total. The van der Waals surface area contributed by atoms with Gasteiger partial charge in [0, 0.05) is 13.0 Å². The molecule has 0 saturated heterocycles. The fourth-order valence-electron chi connectivity index (χ4n) is 1.31. The lowest BCUT2D eigenvalue weighted by Gasteiger charge is -2.06. The molecule has 0 spiro atoms. The van der Waals surface area contributed by atoms with Crippen LogP contribution in [-0.2, 0) is 14.8 Å². The topological polar surface area (TPSA) is 83.5 Å². The SMILES string of the molecule is Cc1cccc(S(=O)(=O)NCCCC(=O)O)c1. The Morgan fingerprint density at radius 2 is 2.12 bits per heavy atom. The van der Waals surface area contributed by atoms with Crippen molar-refractivity contribution in [1.29, 1.82) is 0 Å². The highest BCUT2D eigenvalue weighted by Gasteiger charge is 2.13. The molecule has 6 heteroatoms. The molecule has 17 heavy (non-hydrogen) atoms. The highest BCUT2D eigenvalue weighted by molar-refractivity contribution is 7.89. The smallest absolute Gasteiger partial charge is 0.303 e. The van der Waals surface area contributed by atoms with Crippen molar-refractivity contribution < 1.29 is 18.3 Å². The number of aliphatic carboxylic acids is 1. The molecule has 0 aromatic heterocycles. The lowest BCUT2D eigenvalue weighted by molar-refractivity contribution is -0.137. The minimum absolute atomic E-state index is 0.0453. The van der Waals surface area contributed by atoms with E-state index in [0.29, 0.717) is 0 Å². The van der Waals surface area contributed by atoms with Crippen LogP contribution < -0.4 is 4.72 Å². The van der Waals surface area contributed by atoms with Crippen LogP contribution in [0.25, 0.3) is 0 Å². The molecule has 0 amide bonds. The summed E-state index contributed by atoms with van der Waals surface area (Å²) in [5.41, 5.74) is 0.860. The number of benzene rings is 1. The van der Waals surface area contributed by atoms with E-state index < -0.39 is 16.0 Å². The molecule has 0 fully saturated rings. The Bertz CT molecular complexity index is 496. The third kappa shape index (κ3) is 4.54. The third-order valence-electron chi connectivity index (χ3n) is 2.16. The van der Waals surface area contributed by atoms with Crippen molar-refractivity contribution in [2.75, 3.05) is 6.54 Å². The number of aryl methyl sites for hydroxylation is 1. The summed E-state index contributed by atoms with van der Waals surface area (Å²) >= 11 is 0. The molecule has 0 atom stereocenters. The normalized spacial score (nSPS) is 11.4. The maximum atomic E-state index is 11.8. The van der Waals surface area contributed by atoms with Crippen LogP contribution in [0.15, 0.2) is 29.2 Å². The summed E-state index contributed by atoms with van der Waals surface area (Å²) in [6.07, 6.45) is 0.233. The monoisotopic (exact) mass is 257 g/mol. The predicted molar refractivity (Wildman–Crippen MR) is 63.2 cm³/mol. The molecule has 0 unspecified atom stereocenters. The van der Waals surface area contributed by atoms with E-state index in [1.807, 2.05) is 13.0 Å². The highest BCUT2D eigenvalue weighted by Crippen LogP contribution is 2.10. The Balaban J connectivity index is 2.60. The van der Waals surface area contributed by atoms with Crippen LogP contribution in [-0.4, -0.2) is 26.0 Å². The van der Waals surface area contributed by atoms with Gasteiger partial charge in [0.15, 0.2) is 0 Å². The summed E-state index contributed by atoms with van der Waals surface area (Å²) in [5.74, 6) is -0.931. The molecule has 0 heterocycles. The van der Waals surface area contributed by atoms with Crippen LogP contribution in [0.1, 0.15) is 18.4 Å². The first-order valence-corrected chi connectivity index (χ1v) is 6.68. The molecule has 0 bridgehead atoms. The van der Waals surface area contributed by atoms with E-state index in [-0.39, 0.29) is 24.3 Å². The minimum atomic E-state index is -3.52. The molecule has 5 nitrogen and oxygen atoms in total. The molecule has 0 aliphatic heterocycles. The zero-order chi connectivity index (χ0) is 12.9. The maximum absolute atomic E-state index is 11.8. The first-order chi connectivity index (χ1) is 7.92. The van der Waals surface area contributed by atoms with Crippen LogP contribution in [0.4, 0.5) is 0 Å². The Morgan fingerprint density at radius 3 is 2.71 bits per heavy atom. The summed E-state index contributed by atoms with van der Waals surface area (Å²) in [7, 11) is -3.52. The van der Waals surface area contributed by atoms with Crippen molar-refractivity contribution in [2.24, 2.45) is 0 Å². The van der Waals surface area contributed by atoms with Gasteiger partial charge in [-0.3, -0.25) is 4.79 Å². The van der Waals surface area contributed by atoms with Gasteiger partial charge in [0.2, 0.25) is 10.0 Å². The number of sulfonamides is 1. The van der Waals surface area contributed by atoms with Crippen molar-refractivity contribution in [1.82, 2.24) is 4.72 Å². The van der Waals surface area contributed by atoms with Crippen molar-refractivity contribution in [3.8, 4) is 0 Å². The zero-order valence-electron chi connectivity index (χ0n) is 9.51. The Hall–Kier alpha value is -1.40. The zero-order valence-corrected chi connectivity index (χ0v) is 10.3. The lowest BCUT2D eigenvalue weighted by atomic mass is 10.2. The van der Waals surface area contributed by atoms with E-state index in [1.54, 1.807) is 12.1 Å². The Kier molecular flexibility index (Phi) is 4.65. The average molecular weight is 257 g/mol. The second-order valence-corrected chi connectivity index (χ2v) is 5.48.